The molecule has 2 aliphatic heterocycles. The van der Waals surface area contributed by atoms with E-state index >= 15 is 0 Å². The first kappa shape index (κ1) is 16.0. The second kappa shape index (κ2) is 5.64. The lowest BCUT2D eigenvalue weighted by atomic mass is 9.75. The van der Waals surface area contributed by atoms with Crippen LogP contribution in [0.15, 0.2) is 48.9 Å². The van der Waals surface area contributed by atoms with Crippen LogP contribution in [-0.2, 0) is 10.2 Å². The van der Waals surface area contributed by atoms with E-state index in [1.807, 2.05) is 31.3 Å². The van der Waals surface area contributed by atoms with Gasteiger partial charge in [-0.15, -0.1) is 0 Å². The first-order chi connectivity index (χ1) is 13.1. The molecule has 27 heavy (non-hydrogen) atoms. The number of rotatable bonds is 1. The monoisotopic (exact) mass is 361 g/mol. The van der Waals surface area contributed by atoms with Crippen molar-refractivity contribution in [3.63, 3.8) is 0 Å². The van der Waals surface area contributed by atoms with Gasteiger partial charge in [0, 0.05) is 38.2 Å². The molecular formula is C20H19N5O2. The SMILES string of the molecule is CN1C(=O)C2(CCCN(C(=O)c3cnn4cccnc34)C2)c2ccccc21. The molecule has 0 radical (unpaired) electrons. The average molecular weight is 361 g/mol. The Labute approximate surface area is 156 Å². The smallest absolute Gasteiger partial charge is 0.259 e. The summed E-state index contributed by atoms with van der Waals surface area (Å²) >= 11 is 0. The van der Waals surface area contributed by atoms with Gasteiger partial charge in [0.1, 0.15) is 5.56 Å². The summed E-state index contributed by atoms with van der Waals surface area (Å²) in [7, 11) is 1.81. The van der Waals surface area contributed by atoms with Crippen LogP contribution < -0.4 is 4.90 Å². The summed E-state index contributed by atoms with van der Waals surface area (Å²) in [6.45, 7) is 1.01. The van der Waals surface area contributed by atoms with Crippen molar-refractivity contribution in [3.8, 4) is 0 Å². The maximum atomic E-state index is 13.2. The Kier molecular flexibility index (Phi) is 3.34. The molecule has 1 fully saturated rings. The molecule has 0 saturated carbocycles. The molecule has 2 aromatic heterocycles. The number of anilines is 1. The molecule has 7 heteroatoms. The van der Waals surface area contributed by atoms with Crippen LogP contribution in [0.1, 0.15) is 28.8 Å². The highest BCUT2D eigenvalue weighted by Gasteiger charge is 2.52. The fraction of sp³-hybridized carbons (Fsp3) is 0.300. The van der Waals surface area contributed by atoms with Gasteiger partial charge in [0.2, 0.25) is 5.91 Å². The van der Waals surface area contributed by atoms with Gasteiger partial charge in [-0.25, -0.2) is 9.50 Å². The van der Waals surface area contributed by atoms with E-state index in [0.717, 1.165) is 24.1 Å². The zero-order valence-corrected chi connectivity index (χ0v) is 15.0. The molecule has 5 rings (SSSR count). The number of carbonyl (C=O) groups is 2. The number of hydrogen-bond donors (Lipinski definition) is 0. The number of amides is 2. The number of likely N-dealkylation sites (N-methyl/N-ethyl adjacent to an activating group) is 1. The van der Waals surface area contributed by atoms with Gasteiger partial charge in [-0.3, -0.25) is 9.59 Å². The van der Waals surface area contributed by atoms with Crippen LogP contribution in [0.2, 0.25) is 0 Å². The van der Waals surface area contributed by atoms with E-state index in [1.54, 1.807) is 39.0 Å². The molecule has 136 valence electrons. The van der Waals surface area contributed by atoms with E-state index < -0.39 is 5.41 Å². The Balaban J connectivity index is 1.53. The lowest BCUT2D eigenvalue weighted by Gasteiger charge is -2.39. The summed E-state index contributed by atoms with van der Waals surface area (Å²) in [6.07, 6.45) is 6.51. The minimum atomic E-state index is -0.657. The molecule has 1 saturated heterocycles. The first-order valence-electron chi connectivity index (χ1n) is 9.07. The van der Waals surface area contributed by atoms with Gasteiger partial charge in [0.25, 0.3) is 5.91 Å². The van der Waals surface area contributed by atoms with E-state index in [2.05, 4.69) is 10.1 Å². The van der Waals surface area contributed by atoms with E-state index in [-0.39, 0.29) is 11.8 Å². The van der Waals surface area contributed by atoms with Crippen LogP contribution in [0.4, 0.5) is 5.69 Å². The predicted molar refractivity (Wildman–Crippen MR) is 99.7 cm³/mol. The second-order valence-electron chi connectivity index (χ2n) is 7.24. The van der Waals surface area contributed by atoms with Gasteiger partial charge in [-0.1, -0.05) is 18.2 Å². The number of nitrogens with zero attached hydrogens (tertiary/aromatic N) is 5. The van der Waals surface area contributed by atoms with Crippen molar-refractivity contribution in [1.29, 1.82) is 0 Å². The molecule has 1 spiro atoms. The molecule has 0 aliphatic carbocycles. The summed E-state index contributed by atoms with van der Waals surface area (Å²) in [5, 5.41) is 4.22. The van der Waals surface area contributed by atoms with Crippen LogP contribution >= 0.6 is 0 Å². The summed E-state index contributed by atoms with van der Waals surface area (Å²) in [5.41, 5.74) is 2.31. The van der Waals surface area contributed by atoms with Crippen LogP contribution in [0.5, 0.6) is 0 Å². The molecule has 0 N–H and O–H groups in total. The maximum Gasteiger partial charge on any atom is 0.259 e. The summed E-state index contributed by atoms with van der Waals surface area (Å²) < 4.78 is 1.59. The van der Waals surface area contributed by atoms with Crippen LogP contribution in [-0.4, -0.2) is 51.4 Å². The van der Waals surface area contributed by atoms with E-state index in [9.17, 15) is 9.59 Å². The third-order valence-corrected chi connectivity index (χ3v) is 5.78. The second-order valence-corrected chi connectivity index (χ2v) is 7.24. The lowest BCUT2D eigenvalue weighted by Crippen LogP contribution is -2.53. The highest BCUT2D eigenvalue weighted by molar-refractivity contribution is 6.09. The summed E-state index contributed by atoms with van der Waals surface area (Å²) in [6, 6.07) is 9.66. The molecule has 4 heterocycles. The average Bonchev–Trinajstić information content (AvgIpc) is 3.23. The van der Waals surface area contributed by atoms with E-state index in [4.69, 9.17) is 0 Å². The minimum Gasteiger partial charge on any atom is -0.337 e. The Bertz CT molecular complexity index is 1070. The van der Waals surface area contributed by atoms with Gasteiger partial charge in [0.05, 0.1) is 11.6 Å². The number of piperidine rings is 1. The summed E-state index contributed by atoms with van der Waals surface area (Å²) in [4.78, 5) is 34.2. The molecule has 1 aromatic carbocycles. The molecule has 7 nitrogen and oxygen atoms in total. The fourth-order valence-electron chi connectivity index (χ4n) is 4.49. The van der Waals surface area contributed by atoms with Gasteiger partial charge in [-0.2, -0.15) is 5.10 Å². The standard InChI is InChI=1S/C20H19N5O2/c1-23-16-7-3-2-6-15(16)20(19(23)27)8-4-10-24(13-20)18(26)14-12-22-25-11-5-9-21-17(14)25/h2-3,5-7,9,11-12H,4,8,10,13H2,1H3. The fourth-order valence-corrected chi connectivity index (χ4v) is 4.49. The highest BCUT2D eigenvalue weighted by Crippen LogP contribution is 2.46. The number of benzene rings is 1. The van der Waals surface area contributed by atoms with Crippen LogP contribution in [0.25, 0.3) is 5.65 Å². The summed E-state index contributed by atoms with van der Waals surface area (Å²) in [5.74, 6) is -0.0539. The van der Waals surface area contributed by atoms with Crippen molar-refractivity contribution in [3.05, 3.63) is 60.0 Å². The van der Waals surface area contributed by atoms with Crippen LogP contribution in [0, 0.1) is 0 Å². The molecule has 3 aromatic rings. The molecule has 2 amide bonds. The Hall–Kier alpha value is -3.22. The van der Waals surface area contributed by atoms with Gasteiger partial charge in [0.15, 0.2) is 5.65 Å². The molecular weight excluding hydrogens is 342 g/mol. The topological polar surface area (TPSA) is 70.8 Å². The Morgan fingerprint density at radius 1 is 1.22 bits per heavy atom. The van der Waals surface area contributed by atoms with Crippen molar-refractivity contribution >= 4 is 23.1 Å². The molecule has 2 aliphatic rings. The predicted octanol–water partition coefficient (Wildman–Crippen LogP) is 1.88. The largest absolute Gasteiger partial charge is 0.337 e. The number of carbonyl (C=O) groups excluding carboxylic acids is 2. The Morgan fingerprint density at radius 2 is 2.07 bits per heavy atom. The van der Waals surface area contributed by atoms with Crippen LogP contribution in [0.3, 0.4) is 0 Å². The quantitative estimate of drug-likeness (QED) is 0.664. The zero-order chi connectivity index (χ0) is 18.6. The number of para-hydroxylation sites is 1. The molecule has 1 unspecified atom stereocenters. The van der Waals surface area contributed by atoms with Gasteiger partial charge >= 0.3 is 0 Å². The maximum absolute atomic E-state index is 13.2. The minimum absolute atomic E-state index is 0.0687. The number of fused-ring (bicyclic) bond motifs is 3. The van der Waals surface area contributed by atoms with Crippen molar-refractivity contribution < 1.29 is 9.59 Å². The highest BCUT2D eigenvalue weighted by atomic mass is 16.2. The van der Waals surface area contributed by atoms with E-state index in [0.29, 0.717) is 24.3 Å². The lowest BCUT2D eigenvalue weighted by molar-refractivity contribution is -0.124. The zero-order valence-electron chi connectivity index (χ0n) is 15.0. The Morgan fingerprint density at radius 3 is 2.96 bits per heavy atom. The number of aromatic nitrogens is 3. The normalized spacial score (nSPS) is 21.9. The third-order valence-electron chi connectivity index (χ3n) is 5.78. The van der Waals surface area contributed by atoms with Gasteiger partial charge < -0.3 is 9.80 Å². The first-order valence-corrected chi connectivity index (χ1v) is 9.07. The third kappa shape index (κ3) is 2.14. The molecule has 0 bridgehead atoms. The van der Waals surface area contributed by atoms with E-state index in [1.165, 1.54) is 0 Å². The van der Waals surface area contributed by atoms with Crippen molar-refractivity contribution in [1.82, 2.24) is 19.5 Å². The number of likely N-dealkylation sites (tertiary alicyclic amines) is 1. The van der Waals surface area contributed by atoms with Crippen molar-refractivity contribution in [2.75, 3.05) is 25.0 Å². The van der Waals surface area contributed by atoms with Crippen molar-refractivity contribution in [2.45, 2.75) is 18.3 Å². The van der Waals surface area contributed by atoms with Crippen molar-refractivity contribution in [2.24, 2.45) is 0 Å². The number of hydrogen-bond acceptors (Lipinski definition) is 4. The van der Waals surface area contributed by atoms with Gasteiger partial charge in [-0.05, 0) is 30.5 Å². The molecule has 1 atom stereocenters.